The summed E-state index contributed by atoms with van der Waals surface area (Å²) in [5.74, 6) is 0. The van der Waals surface area contributed by atoms with Crippen LogP contribution in [0, 0.1) is 6.92 Å². The maximum atomic E-state index is 13.2. The van der Waals surface area contributed by atoms with Crippen molar-refractivity contribution < 1.29 is 13.2 Å². The molecule has 0 N–H and O–H groups in total. The van der Waals surface area contributed by atoms with Crippen LogP contribution in [-0.2, 0) is 14.6 Å². The highest BCUT2D eigenvalue weighted by Crippen LogP contribution is 2.41. The molecule has 1 aromatic carbocycles. The molecule has 1 aliphatic rings. The Balaban J connectivity index is 1.93. The fraction of sp³-hybridized carbons (Fsp3) is 0.389. The van der Waals surface area contributed by atoms with Gasteiger partial charge < -0.3 is 4.74 Å². The van der Waals surface area contributed by atoms with E-state index in [1.165, 1.54) is 0 Å². The topological polar surface area (TPSA) is 56.3 Å². The van der Waals surface area contributed by atoms with Crippen LogP contribution < -0.4 is 0 Å². The summed E-state index contributed by atoms with van der Waals surface area (Å²) in [7, 11) is -3.44. The van der Waals surface area contributed by atoms with E-state index in [1.807, 2.05) is 32.0 Å². The lowest BCUT2D eigenvalue weighted by atomic mass is 9.93. The summed E-state index contributed by atoms with van der Waals surface area (Å²) in [5.41, 5.74) is 1.85. The van der Waals surface area contributed by atoms with Crippen LogP contribution in [0.4, 0.5) is 0 Å². The number of hydrogen-bond acceptors (Lipinski definition) is 4. The zero-order chi connectivity index (χ0) is 17.4. The van der Waals surface area contributed by atoms with Gasteiger partial charge in [-0.1, -0.05) is 18.2 Å². The average molecular weight is 410 g/mol. The first-order valence-electron chi connectivity index (χ1n) is 7.86. The van der Waals surface area contributed by atoms with Crippen LogP contribution in [0.3, 0.4) is 0 Å². The second-order valence-corrected chi connectivity index (χ2v) is 9.77. The molecule has 2 heterocycles. The van der Waals surface area contributed by atoms with E-state index in [4.69, 9.17) is 4.74 Å². The normalized spacial score (nSPS) is 24.7. The van der Waals surface area contributed by atoms with Gasteiger partial charge in [-0.2, -0.15) is 0 Å². The van der Waals surface area contributed by atoms with Crippen LogP contribution in [0.25, 0.3) is 0 Å². The summed E-state index contributed by atoms with van der Waals surface area (Å²) in [6.45, 7) is 4.15. The molecule has 0 aliphatic carbocycles. The molecule has 0 bridgehead atoms. The molecule has 0 spiro atoms. The first-order chi connectivity index (χ1) is 11.3. The van der Waals surface area contributed by atoms with Gasteiger partial charge in [0.25, 0.3) is 0 Å². The third kappa shape index (κ3) is 3.27. The van der Waals surface area contributed by atoms with Gasteiger partial charge >= 0.3 is 0 Å². The van der Waals surface area contributed by atoms with Gasteiger partial charge in [0.1, 0.15) is 4.60 Å². The Morgan fingerprint density at radius 2 is 2.08 bits per heavy atom. The molecule has 0 saturated carbocycles. The van der Waals surface area contributed by atoms with Crippen LogP contribution in [-0.4, -0.2) is 24.8 Å². The van der Waals surface area contributed by atoms with Crippen molar-refractivity contribution >= 4 is 25.8 Å². The zero-order valence-corrected chi connectivity index (χ0v) is 16.1. The number of halogens is 1. The van der Waals surface area contributed by atoms with Crippen molar-refractivity contribution in [2.24, 2.45) is 0 Å². The summed E-state index contributed by atoms with van der Waals surface area (Å²) < 4.78 is 32.2. The van der Waals surface area contributed by atoms with Crippen molar-refractivity contribution in [3.05, 3.63) is 58.3 Å². The number of sulfone groups is 1. The number of pyridine rings is 1. The zero-order valence-electron chi connectivity index (χ0n) is 13.7. The van der Waals surface area contributed by atoms with E-state index in [0.717, 1.165) is 15.7 Å². The molecule has 2 atom stereocenters. The van der Waals surface area contributed by atoms with E-state index in [2.05, 4.69) is 20.9 Å². The van der Waals surface area contributed by atoms with Gasteiger partial charge in [0.15, 0.2) is 9.84 Å². The quantitative estimate of drug-likeness (QED) is 0.711. The lowest BCUT2D eigenvalue weighted by molar-refractivity contribution is 0.000112. The molecule has 1 saturated heterocycles. The van der Waals surface area contributed by atoms with Crippen molar-refractivity contribution in [3.8, 4) is 0 Å². The number of ether oxygens (including phenoxy) is 1. The monoisotopic (exact) mass is 409 g/mol. The van der Waals surface area contributed by atoms with Crippen molar-refractivity contribution in [1.82, 2.24) is 4.98 Å². The van der Waals surface area contributed by atoms with Crippen molar-refractivity contribution in [1.29, 1.82) is 0 Å². The number of hydrogen-bond donors (Lipinski definition) is 0. The summed E-state index contributed by atoms with van der Waals surface area (Å²) >= 11 is 3.31. The Morgan fingerprint density at radius 1 is 1.29 bits per heavy atom. The third-order valence-electron chi connectivity index (χ3n) is 4.64. The predicted octanol–water partition coefficient (Wildman–Crippen LogP) is 4.24. The molecule has 4 nitrogen and oxygen atoms in total. The fourth-order valence-electron chi connectivity index (χ4n) is 3.07. The van der Waals surface area contributed by atoms with Crippen LogP contribution in [0.5, 0.6) is 0 Å². The van der Waals surface area contributed by atoms with Crippen molar-refractivity contribution in [2.45, 2.75) is 42.4 Å². The van der Waals surface area contributed by atoms with Crippen molar-refractivity contribution in [3.63, 3.8) is 0 Å². The standard InChI is InChI=1S/C18H20BrNO3S/c1-13-4-3-5-15(10-13)24(21,22)18(2)8-9-23-16(11-18)14-6-7-17(19)20-12-14/h3-7,10,12,16H,8-9,11H2,1-2H3. The molecule has 3 rings (SSSR count). The molecular weight excluding hydrogens is 390 g/mol. The Kier molecular flexibility index (Phi) is 4.82. The fourth-order valence-corrected chi connectivity index (χ4v) is 5.20. The Bertz CT molecular complexity index is 836. The summed E-state index contributed by atoms with van der Waals surface area (Å²) in [4.78, 5) is 4.61. The molecule has 1 aliphatic heterocycles. The van der Waals surface area contributed by atoms with E-state index in [1.54, 1.807) is 24.4 Å². The molecule has 1 aromatic heterocycles. The van der Waals surface area contributed by atoms with Gasteiger partial charge in [0.2, 0.25) is 0 Å². The second kappa shape index (κ2) is 6.58. The lowest BCUT2D eigenvalue weighted by Gasteiger charge is -2.37. The lowest BCUT2D eigenvalue weighted by Crippen LogP contribution is -2.42. The van der Waals surface area contributed by atoms with Gasteiger partial charge in [-0.25, -0.2) is 13.4 Å². The maximum absolute atomic E-state index is 13.2. The van der Waals surface area contributed by atoms with Crippen LogP contribution in [0.15, 0.2) is 52.1 Å². The number of nitrogens with zero attached hydrogens (tertiary/aromatic N) is 1. The third-order valence-corrected chi connectivity index (χ3v) is 7.65. The summed E-state index contributed by atoms with van der Waals surface area (Å²) in [5, 5.41) is 0. The molecule has 0 radical (unpaired) electrons. The Labute approximate surface area is 151 Å². The molecule has 128 valence electrons. The number of benzene rings is 1. The average Bonchev–Trinajstić information content (AvgIpc) is 2.55. The molecule has 0 amide bonds. The van der Waals surface area contributed by atoms with Crippen molar-refractivity contribution in [2.75, 3.05) is 6.61 Å². The van der Waals surface area contributed by atoms with E-state index < -0.39 is 14.6 Å². The highest BCUT2D eigenvalue weighted by Gasteiger charge is 2.45. The van der Waals surface area contributed by atoms with Crippen LogP contribution in [0.1, 0.15) is 37.0 Å². The van der Waals surface area contributed by atoms with Gasteiger partial charge in [-0.3, -0.25) is 0 Å². The Hall–Kier alpha value is -1.24. The number of aryl methyl sites for hydroxylation is 1. The largest absolute Gasteiger partial charge is 0.373 e. The number of aromatic nitrogens is 1. The van der Waals surface area contributed by atoms with Gasteiger partial charge in [-0.05, 0) is 71.9 Å². The van der Waals surface area contributed by atoms with Gasteiger partial charge in [0, 0.05) is 12.8 Å². The Morgan fingerprint density at radius 3 is 2.75 bits per heavy atom. The summed E-state index contributed by atoms with van der Waals surface area (Å²) in [6, 6.07) is 10.9. The first kappa shape index (κ1) is 17.6. The smallest absolute Gasteiger partial charge is 0.184 e. The second-order valence-electron chi connectivity index (χ2n) is 6.50. The molecule has 6 heteroatoms. The maximum Gasteiger partial charge on any atom is 0.184 e. The van der Waals surface area contributed by atoms with E-state index >= 15 is 0 Å². The van der Waals surface area contributed by atoms with E-state index in [0.29, 0.717) is 24.3 Å². The highest BCUT2D eigenvalue weighted by atomic mass is 79.9. The molecular formula is C18H20BrNO3S. The van der Waals surface area contributed by atoms with Gasteiger partial charge in [-0.15, -0.1) is 0 Å². The molecule has 24 heavy (non-hydrogen) atoms. The van der Waals surface area contributed by atoms with Crippen LogP contribution in [0.2, 0.25) is 0 Å². The molecule has 2 unspecified atom stereocenters. The predicted molar refractivity (Wildman–Crippen MR) is 96.6 cm³/mol. The number of rotatable bonds is 3. The minimum atomic E-state index is -3.44. The SMILES string of the molecule is Cc1cccc(S(=O)(=O)C2(C)CCOC(c3ccc(Br)nc3)C2)c1. The molecule has 2 aromatic rings. The summed E-state index contributed by atoms with van der Waals surface area (Å²) in [6.07, 6.45) is 2.39. The van der Waals surface area contributed by atoms with Crippen LogP contribution >= 0.6 is 15.9 Å². The molecule has 1 fully saturated rings. The minimum Gasteiger partial charge on any atom is -0.373 e. The van der Waals surface area contributed by atoms with Gasteiger partial charge in [0.05, 0.1) is 15.7 Å². The first-order valence-corrected chi connectivity index (χ1v) is 10.1. The van der Waals surface area contributed by atoms with E-state index in [-0.39, 0.29) is 6.10 Å². The van der Waals surface area contributed by atoms with E-state index in [9.17, 15) is 8.42 Å². The highest BCUT2D eigenvalue weighted by molar-refractivity contribution is 9.10. The minimum absolute atomic E-state index is 0.260.